The summed E-state index contributed by atoms with van der Waals surface area (Å²) in [5, 5.41) is 12.5. The number of benzene rings is 1. The summed E-state index contributed by atoms with van der Waals surface area (Å²) < 4.78 is 0. The van der Waals surface area contributed by atoms with Crippen molar-refractivity contribution in [2.75, 3.05) is 0 Å². The fourth-order valence-electron chi connectivity index (χ4n) is 4.55. The normalized spacial score (nSPS) is 28.0. The van der Waals surface area contributed by atoms with Crippen molar-refractivity contribution in [1.82, 2.24) is 5.32 Å². The Labute approximate surface area is 160 Å². The Morgan fingerprint density at radius 3 is 2.78 bits per heavy atom. The molecule has 1 heterocycles. The summed E-state index contributed by atoms with van der Waals surface area (Å²) in [5.41, 5.74) is 7.47. The lowest BCUT2D eigenvalue weighted by molar-refractivity contribution is 0.453. The lowest BCUT2D eigenvalue weighted by Gasteiger charge is -2.47. The predicted octanol–water partition coefficient (Wildman–Crippen LogP) is 4.96. The van der Waals surface area contributed by atoms with Crippen molar-refractivity contribution in [3.8, 4) is 6.07 Å². The van der Waals surface area contributed by atoms with Gasteiger partial charge in [-0.1, -0.05) is 42.5 Å². The molecular weight excluding hydrogens is 330 g/mol. The lowest BCUT2D eigenvalue weighted by atomic mass is 9.62. The summed E-state index contributed by atoms with van der Waals surface area (Å²) in [6.07, 6.45) is 12.6. The molecule has 134 valence electrons. The molecule has 2 atom stereocenters. The Balaban J connectivity index is 1.83. The van der Waals surface area contributed by atoms with Crippen LogP contribution in [0.2, 0.25) is 0 Å². The third-order valence-corrected chi connectivity index (χ3v) is 5.64. The maximum absolute atomic E-state index is 9.00. The minimum Gasteiger partial charge on any atom is -0.359 e. The number of hydrogen-bond donors (Lipinski definition) is 1. The molecule has 2 aliphatic carbocycles. The van der Waals surface area contributed by atoms with Gasteiger partial charge in [-0.05, 0) is 49.6 Å². The van der Waals surface area contributed by atoms with Gasteiger partial charge in [-0.3, -0.25) is 4.99 Å². The summed E-state index contributed by atoms with van der Waals surface area (Å²) in [7, 11) is 0. The molecule has 27 heavy (non-hydrogen) atoms. The Kier molecular flexibility index (Phi) is 4.20. The smallest absolute Gasteiger partial charge is 0.113 e. The molecule has 3 heteroatoms. The molecule has 1 aliphatic heterocycles. The highest BCUT2D eigenvalue weighted by molar-refractivity contribution is 5.81. The molecule has 0 amide bonds. The quantitative estimate of drug-likeness (QED) is 0.603. The third kappa shape index (κ3) is 2.88. The number of nitrogens with zero attached hydrogens (tertiary/aromatic N) is 2. The van der Waals surface area contributed by atoms with Crippen LogP contribution < -0.4 is 5.32 Å². The van der Waals surface area contributed by atoms with Crippen LogP contribution in [0, 0.1) is 17.2 Å². The molecule has 2 bridgehead atoms. The molecule has 2 unspecified atom stereocenters. The number of dihydropyridines is 1. The van der Waals surface area contributed by atoms with Gasteiger partial charge in [0.2, 0.25) is 0 Å². The summed E-state index contributed by atoms with van der Waals surface area (Å²) in [6, 6.07) is 9.73. The molecule has 3 aliphatic rings. The lowest BCUT2D eigenvalue weighted by Crippen LogP contribution is -2.44. The molecule has 1 aromatic carbocycles. The van der Waals surface area contributed by atoms with Gasteiger partial charge in [0.1, 0.15) is 5.54 Å². The van der Waals surface area contributed by atoms with E-state index in [1.807, 2.05) is 36.6 Å². The van der Waals surface area contributed by atoms with E-state index in [1.54, 1.807) is 0 Å². The Hall–Kier alpha value is -3.12. The highest BCUT2D eigenvalue weighted by atomic mass is 15.0. The maximum Gasteiger partial charge on any atom is 0.113 e. The molecule has 4 rings (SSSR count). The molecule has 0 fully saturated rings. The first kappa shape index (κ1) is 17.3. The second-order valence-electron chi connectivity index (χ2n) is 7.47. The molecule has 0 saturated carbocycles. The summed E-state index contributed by atoms with van der Waals surface area (Å²) >= 11 is 0. The van der Waals surface area contributed by atoms with E-state index in [9.17, 15) is 0 Å². The second kappa shape index (κ2) is 6.55. The largest absolute Gasteiger partial charge is 0.359 e. The van der Waals surface area contributed by atoms with Gasteiger partial charge in [0.25, 0.3) is 0 Å². The van der Waals surface area contributed by atoms with Gasteiger partial charge in [-0.15, -0.1) is 0 Å². The highest BCUT2D eigenvalue weighted by Crippen LogP contribution is 2.52. The molecule has 1 aromatic rings. The zero-order chi connectivity index (χ0) is 19.0. The first-order chi connectivity index (χ1) is 13.1. The molecule has 0 saturated heterocycles. The minimum atomic E-state index is -0.371. The van der Waals surface area contributed by atoms with Gasteiger partial charge < -0.3 is 5.32 Å². The van der Waals surface area contributed by atoms with Crippen molar-refractivity contribution in [3.63, 3.8) is 0 Å². The van der Waals surface area contributed by atoms with Crippen molar-refractivity contribution >= 4 is 6.21 Å². The van der Waals surface area contributed by atoms with E-state index < -0.39 is 0 Å². The molecule has 0 spiro atoms. The van der Waals surface area contributed by atoms with Crippen LogP contribution in [0.3, 0.4) is 0 Å². The standard InChI is InChI=1S/C24H23N3/c1-4-21-20-11-16(2)13-24(21,22-10-5-17(3)27-23(22)12-20)26-15-19-8-6-18(14-25)7-9-19/h4-11,15,20,27H,3,12-13H2,1-2H3/b21-4+,26-15+. The first-order valence-electron chi connectivity index (χ1n) is 9.33. The van der Waals surface area contributed by atoms with Crippen molar-refractivity contribution in [3.05, 3.63) is 94.4 Å². The monoisotopic (exact) mass is 353 g/mol. The summed E-state index contributed by atoms with van der Waals surface area (Å²) in [5.74, 6) is 0.368. The third-order valence-electron chi connectivity index (χ3n) is 5.64. The van der Waals surface area contributed by atoms with Gasteiger partial charge in [0.05, 0.1) is 11.6 Å². The van der Waals surface area contributed by atoms with Crippen LogP contribution in [0.15, 0.2) is 88.3 Å². The number of aliphatic imine (C=N–C) groups is 1. The van der Waals surface area contributed by atoms with E-state index in [-0.39, 0.29) is 5.54 Å². The zero-order valence-corrected chi connectivity index (χ0v) is 15.8. The Morgan fingerprint density at radius 2 is 2.07 bits per heavy atom. The van der Waals surface area contributed by atoms with E-state index in [4.69, 9.17) is 10.3 Å². The van der Waals surface area contributed by atoms with Crippen LogP contribution in [0.1, 0.15) is 37.8 Å². The van der Waals surface area contributed by atoms with Gasteiger partial charge in [0.15, 0.2) is 0 Å². The van der Waals surface area contributed by atoms with Crippen LogP contribution in [-0.4, -0.2) is 11.8 Å². The Bertz CT molecular complexity index is 993. The van der Waals surface area contributed by atoms with Crippen LogP contribution >= 0.6 is 0 Å². The number of allylic oxidation sites excluding steroid dienone is 4. The fourth-order valence-corrected chi connectivity index (χ4v) is 4.55. The number of fused-ring (bicyclic) bond motifs is 3. The van der Waals surface area contributed by atoms with E-state index in [0.29, 0.717) is 11.5 Å². The molecule has 3 nitrogen and oxygen atoms in total. The number of nitrogens with one attached hydrogen (secondary N) is 1. The zero-order valence-electron chi connectivity index (χ0n) is 15.8. The van der Waals surface area contributed by atoms with Crippen LogP contribution in [0.25, 0.3) is 0 Å². The SMILES string of the molecule is C=C1C=CC2=C(CC3C=C(C)CC2(/N=C/c2ccc(C#N)cc2)/C3=C/C)N1. The van der Waals surface area contributed by atoms with Crippen molar-refractivity contribution in [1.29, 1.82) is 5.26 Å². The van der Waals surface area contributed by atoms with E-state index >= 15 is 0 Å². The fraction of sp³-hybridized carbons (Fsp3) is 0.250. The van der Waals surface area contributed by atoms with E-state index in [2.05, 4.69) is 50.0 Å². The van der Waals surface area contributed by atoms with Gasteiger partial charge in [0, 0.05) is 35.5 Å². The van der Waals surface area contributed by atoms with Gasteiger partial charge in [-0.2, -0.15) is 5.26 Å². The summed E-state index contributed by atoms with van der Waals surface area (Å²) in [6.45, 7) is 8.38. The van der Waals surface area contributed by atoms with Crippen molar-refractivity contribution < 1.29 is 0 Å². The van der Waals surface area contributed by atoms with Crippen LogP contribution in [0.4, 0.5) is 0 Å². The van der Waals surface area contributed by atoms with Gasteiger partial charge in [-0.25, -0.2) is 0 Å². The maximum atomic E-state index is 9.00. The predicted molar refractivity (Wildman–Crippen MR) is 110 cm³/mol. The molecular formula is C24H23N3. The second-order valence-corrected chi connectivity index (χ2v) is 7.47. The van der Waals surface area contributed by atoms with E-state index in [1.165, 1.54) is 22.4 Å². The average molecular weight is 353 g/mol. The summed E-state index contributed by atoms with van der Waals surface area (Å²) in [4.78, 5) is 5.18. The van der Waals surface area contributed by atoms with Crippen molar-refractivity contribution in [2.24, 2.45) is 10.9 Å². The molecule has 1 N–H and O–H groups in total. The Morgan fingerprint density at radius 1 is 1.30 bits per heavy atom. The van der Waals surface area contributed by atoms with E-state index in [0.717, 1.165) is 24.1 Å². The number of nitriles is 1. The molecule has 0 aromatic heterocycles. The topological polar surface area (TPSA) is 48.2 Å². The van der Waals surface area contributed by atoms with Crippen molar-refractivity contribution in [2.45, 2.75) is 32.2 Å². The minimum absolute atomic E-state index is 0.368. The van der Waals surface area contributed by atoms with Crippen LogP contribution in [-0.2, 0) is 0 Å². The first-order valence-corrected chi connectivity index (χ1v) is 9.33. The molecule has 0 radical (unpaired) electrons. The highest BCUT2D eigenvalue weighted by Gasteiger charge is 2.47. The average Bonchev–Trinajstić information content (AvgIpc) is 2.66. The van der Waals surface area contributed by atoms with Crippen LogP contribution in [0.5, 0.6) is 0 Å². The van der Waals surface area contributed by atoms with Gasteiger partial charge >= 0.3 is 0 Å². The number of rotatable bonds is 2. The number of hydrogen-bond acceptors (Lipinski definition) is 3.